The number of carbonyl (C=O) groups excluding carboxylic acids is 2. The summed E-state index contributed by atoms with van der Waals surface area (Å²) in [6.07, 6.45) is 5.59. The van der Waals surface area contributed by atoms with Crippen LogP contribution in [0, 0.1) is 33.5 Å². The lowest BCUT2D eigenvalue weighted by Gasteiger charge is -2.52. The van der Waals surface area contributed by atoms with Crippen molar-refractivity contribution in [1.29, 1.82) is 0 Å². The van der Waals surface area contributed by atoms with Crippen molar-refractivity contribution >= 4 is 17.5 Å². The van der Waals surface area contributed by atoms with Gasteiger partial charge in [-0.3, -0.25) is 9.59 Å². The maximum atomic E-state index is 14.7. The number of para-hydroxylation sites is 1. The monoisotopic (exact) mass is 623 g/mol. The SMILES string of the molecule is CCC(C)CC(C)(C)CNC(=O)C1CC(C)(C)CC(C)(C)CN(C(=O)C2CC3c4ccccc4NC3CN2)C(C)(C)CC1(C)C. The van der Waals surface area contributed by atoms with Crippen LogP contribution in [0.4, 0.5) is 5.69 Å². The Morgan fingerprint density at radius 1 is 1.02 bits per heavy atom. The number of hydrogen-bond donors (Lipinski definition) is 3. The summed E-state index contributed by atoms with van der Waals surface area (Å²) in [5, 5.41) is 10.8. The van der Waals surface area contributed by atoms with Gasteiger partial charge in [-0.2, -0.15) is 0 Å². The zero-order valence-corrected chi connectivity index (χ0v) is 30.8. The number of nitrogens with zero attached hydrogens (tertiary/aromatic N) is 1. The average Bonchev–Trinajstić information content (AvgIpc) is 3.29. The number of rotatable bonds is 7. The predicted molar refractivity (Wildman–Crippen MR) is 188 cm³/mol. The van der Waals surface area contributed by atoms with Crippen LogP contribution in [0.3, 0.4) is 0 Å². The second kappa shape index (κ2) is 12.8. The maximum absolute atomic E-state index is 14.7. The Morgan fingerprint density at radius 2 is 1.69 bits per heavy atom. The van der Waals surface area contributed by atoms with Crippen molar-refractivity contribution in [2.75, 3.05) is 25.0 Å². The van der Waals surface area contributed by atoms with Crippen LogP contribution in [0.5, 0.6) is 0 Å². The summed E-state index contributed by atoms with van der Waals surface area (Å²) in [6.45, 7) is 29.5. The highest BCUT2D eigenvalue weighted by Gasteiger charge is 2.50. The van der Waals surface area contributed by atoms with Crippen LogP contribution in [0.2, 0.25) is 0 Å². The highest BCUT2D eigenvalue weighted by atomic mass is 16.2. The van der Waals surface area contributed by atoms with E-state index in [-0.39, 0.29) is 45.4 Å². The van der Waals surface area contributed by atoms with E-state index in [4.69, 9.17) is 0 Å². The van der Waals surface area contributed by atoms with Crippen molar-refractivity contribution in [3.63, 3.8) is 0 Å². The van der Waals surface area contributed by atoms with Gasteiger partial charge in [0.2, 0.25) is 11.8 Å². The molecule has 1 aromatic carbocycles. The second-order valence-electron chi connectivity index (χ2n) is 18.9. The summed E-state index contributed by atoms with van der Waals surface area (Å²) >= 11 is 0. The Kier molecular flexibility index (Phi) is 10.2. The highest BCUT2D eigenvalue weighted by molar-refractivity contribution is 5.83. The van der Waals surface area contributed by atoms with Gasteiger partial charge in [-0.15, -0.1) is 0 Å². The van der Waals surface area contributed by atoms with Crippen molar-refractivity contribution in [2.24, 2.45) is 33.5 Å². The third-order valence-electron chi connectivity index (χ3n) is 11.3. The van der Waals surface area contributed by atoms with Crippen molar-refractivity contribution < 1.29 is 9.59 Å². The van der Waals surface area contributed by atoms with Crippen LogP contribution in [0.1, 0.15) is 133 Å². The molecule has 0 aliphatic carbocycles. The summed E-state index contributed by atoms with van der Waals surface area (Å²) < 4.78 is 0. The Hall–Kier alpha value is -2.08. The maximum Gasteiger partial charge on any atom is 0.240 e. The molecule has 2 saturated heterocycles. The normalized spacial score (nSPS) is 29.5. The molecule has 6 heteroatoms. The lowest BCUT2D eigenvalue weighted by atomic mass is 9.61. The van der Waals surface area contributed by atoms with Crippen molar-refractivity contribution in [3.8, 4) is 0 Å². The molecule has 3 aliphatic rings. The smallest absolute Gasteiger partial charge is 0.240 e. The van der Waals surface area contributed by atoms with Gasteiger partial charge in [0.1, 0.15) is 0 Å². The van der Waals surface area contributed by atoms with Crippen molar-refractivity contribution in [1.82, 2.24) is 15.5 Å². The standard InChI is InChI=1S/C39H66N4O2/c1-13-26(2)19-36(5,6)24-41-33(44)29-20-35(3,4)22-37(7,8)25-43(39(11,12)23-38(29,9)10)34(45)31-18-28-27-16-14-15-17-30(27)42-32(28)21-40-31/h14-17,26,28-29,31-32,40,42H,13,18-25H2,1-12H3,(H,41,44). The molecule has 1 aromatic rings. The van der Waals surface area contributed by atoms with E-state index in [0.717, 1.165) is 45.1 Å². The van der Waals surface area contributed by atoms with E-state index >= 15 is 0 Å². The fourth-order valence-corrected chi connectivity index (χ4v) is 9.60. The Morgan fingerprint density at radius 3 is 2.36 bits per heavy atom. The Bertz CT molecular complexity index is 1220. The largest absolute Gasteiger partial charge is 0.380 e. The van der Waals surface area contributed by atoms with Crippen LogP contribution in [0.15, 0.2) is 24.3 Å². The number of amides is 2. The zero-order valence-electron chi connectivity index (χ0n) is 30.8. The van der Waals surface area contributed by atoms with E-state index in [0.29, 0.717) is 31.0 Å². The van der Waals surface area contributed by atoms with Crippen LogP contribution in [0.25, 0.3) is 0 Å². The van der Waals surface area contributed by atoms with Crippen LogP contribution in [-0.2, 0) is 9.59 Å². The topological polar surface area (TPSA) is 73.5 Å². The van der Waals surface area contributed by atoms with Gasteiger partial charge in [-0.05, 0) is 85.2 Å². The molecule has 5 unspecified atom stereocenters. The van der Waals surface area contributed by atoms with Crippen molar-refractivity contribution in [2.45, 2.75) is 145 Å². The van der Waals surface area contributed by atoms with Crippen LogP contribution >= 0.6 is 0 Å². The number of fused-ring (bicyclic) bond motifs is 3. The van der Waals surface area contributed by atoms with E-state index in [1.54, 1.807) is 0 Å². The minimum Gasteiger partial charge on any atom is -0.380 e. The van der Waals surface area contributed by atoms with Gasteiger partial charge in [-0.25, -0.2) is 0 Å². The molecule has 6 nitrogen and oxygen atoms in total. The second-order valence-corrected chi connectivity index (χ2v) is 18.9. The first-order valence-corrected chi connectivity index (χ1v) is 17.8. The minimum absolute atomic E-state index is 0.0482. The first-order chi connectivity index (χ1) is 20.7. The molecule has 2 fully saturated rings. The molecule has 0 aromatic heterocycles. The molecule has 0 saturated carbocycles. The fourth-order valence-electron chi connectivity index (χ4n) is 9.60. The number of benzene rings is 1. The summed E-state index contributed by atoms with van der Waals surface area (Å²) in [5.74, 6) is 1.20. The molecule has 2 amide bonds. The first-order valence-electron chi connectivity index (χ1n) is 17.8. The average molecular weight is 623 g/mol. The number of anilines is 1. The predicted octanol–water partition coefficient (Wildman–Crippen LogP) is 7.99. The summed E-state index contributed by atoms with van der Waals surface area (Å²) in [7, 11) is 0. The van der Waals surface area contributed by atoms with E-state index in [1.165, 1.54) is 11.3 Å². The molecule has 3 heterocycles. The molecule has 5 atom stereocenters. The molecule has 45 heavy (non-hydrogen) atoms. The summed E-state index contributed by atoms with van der Waals surface area (Å²) in [4.78, 5) is 31.1. The molecule has 3 aliphatic heterocycles. The molecule has 254 valence electrons. The lowest BCUT2D eigenvalue weighted by Crippen LogP contribution is -2.62. The number of hydrogen-bond acceptors (Lipinski definition) is 4. The summed E-state index contributed by atoms with van der Waals surface area (Å²) in [5.41, 5.74) is 1.72. The quantitative estimate of drug-likeness (QED) is 0.288. The van der Waals surface area contributed by atoms with Gasteiger partial charge in [-0.1, -0.05) is 93.9 Å². The third-order valence-corrected chi connectivity index (χ3v) is 11.3. The van der Waals surface area contributed by atoms with E-state index in [2.05, 4.69) is 128 Å². The molecular weight excluding hydrogens is 556 g/mol. The van der Waals surface area contributed by atoms with Gasteiger partial charge < -0.3 is 20.9 Å². The van der Waals surface area contributed by atoms with Gasteiger partial charge in [0.05, 0.1) is 6.04 Å². The number of carbonyl (C=O) groups is 2. The number of nitrogens with one attached hydrogen (secondary N) is 3. The van der Waals surface area contributed by atoms with Gasteiger partial charge in [0.25, 0.3) is 0 Å². The van der Waals surface area contributed by atoms with Crippen LogP contribution in [-0.4, -0.2) is 54.0 Å². The van der Waals surface area contributed by atoms with E-state index < -0.39 is 5.54 Å². The molecule has 0 spiro atoms. The van der Waals surface area contributed by atoms with E-state index in [1.807, 2.05) is 0 Å². The minimum atomic E-state index is -0.419. The van der Waals surface area contributed by atoms with Gasteiger partial charge >= 0.3 is 0 Å². The van der Waals surface area contributed by atoms with Crippen molar-refractivity contribution in [3.05, 3.63) is 29.8 Å². The molecular formula is C39H66N4O2. The lowest BCUT2D eigenvalue weighted by molar-refractivity contribution is -0.146. The molecule has 0 radical (unpaired) electrons. The first kappa shape index (κ1) is 35.8. The van der Waals surface area contributed by atoms with Gasteiger partial charge in [0.15, 0.2) is 0 Å². The third kappa shape index (κ3) is 8.45. The van der Waals surface area contributed by atoms with Crippen LogP contribution < -0.4 is 16.0 Å². The Balaban J connectivity index is 1.59. The molecule has 0 bridgehead atoms. The molecule has 3 N–H and O–H groups in total. The zero-order chi connectivity index (χ0) is 33.6. The number of piperidine rings is 1. The fraction of sp³-hybridized carbons (Fsp3) is 0.795. The summed E-state index contributed by atoms with van der Waals surface area (Å²) in [6, 6.07) is 8.67. The molecule has 4 rings (SSSR count). The Labute approximate surface area is 275 Å². The highest BCUT2D eigenvalue weighted by Crippen LogP contribution is 2.49. The van der Waals surface area contributed by atoms with E-state index in [9.17, 15) is 9.59 Å². The van der Waals surface area contributed by atoms with Gasteiger partial charge in [0, 0.05) is 48.7 Å².